The highest BCUT2D eigenvalue weighted by Gasteiger charge is 2.44. The summed E-state index contributed by atoms with van der Waals surface area (Å²) < 4.78 is 9.03. The third kappa shape index (κ3) is 2.65. The Bertz CT molecular complexity index is 781. The van der Waals surface area contributed by atoms with E-state index in [0.717, 1.165) is 35.6 Å². The molecule has 2 heterocycles. The molecule has 9 heteroatoms. The molecule has 2 aliphatic rings. The van der Waals surface area contributed by atoms with Gasteiger partial charge in [-0.1, -0.05) is 21.7 Å². The van der Waals surface area contributed by atoms with Crippen molar-refractivity contribution in [3.05, 3.63) is 29.8 Å². The lowest BCUT2D eigenvalue weighted by molar-refractivity contribution is 0.147. The summed E-state index contributed by atoms with van der Waals surface area (Å²) in [6.07, 6.45) is 1.17. The third-order valence-electron chi connectivity index (χ3n) is 4.35. The van der Waals surface area contributed by atoms with E-state index in [1.54, 1.807) is 4.90 Å². The molecule has 2 aromatic rings. The first-order chi connectivity index (χ1) is 11.7. The van der Waals surface area contributed by atoms with Gasteiger partial charge in [-0.15, -0.1) is 0 Å². The molecule has 1 atom stereocenters. The summed E-state index contributed by atoms with van der Waals surface area (Å²) in [5.74, 6) is 0. The van der Waals surface area contributed by atoms with Crippen LogP contribution in [0.2, 0.25) is 0 Å². The zero-order valence-electron chi connectivity index (χ0n) is 12.7. The van der Waals surface area contributed by atoms with Crippen molar-refractivity contribution in [1.82, 2.24) is 14.8 Å². The highest BCUT2D eigenvalue weighted by Crippen LogP contribution is 2.47. The number of nitrogens with one attached hydrogen (secondary N) is 1. The molecule has 8 nitrogen and oxygen atoms in total. The Morgan fingerprint density at radius 3 is 2.83 bits per heavy atom. The lowest BCUT2D eigenvalue weighted by Crippen LogP contribution is -2.27. The molecule has 1 saturated carbocycles. The minimum absolute atomic E-state index is 0.269. The molecule has 1 amide bonds. The molecule has 1 aliphatic carbocycles. The maximum Gasteiger partial charge on any atom is 0.414 e. The fourth-order valence-electron chi connectivity index (χ4n) is 2.79. The Morgan fingerprint density at radius 1 is 1.42 bits per heavy atom. The van der Waals surface area contributed by atoms with Crippen LogP contribution < -0.4 is 10.2 Å². The Kier molecular flexibility index (Phi) is 3.54. The van der Waals surface area contributed by atoms with Gasteiger partial charge in [0.2, 0.25) is 5.13 Å². The van der Waals surface area contributed by atoms with Gasteiger partial charge < -0.3 is 10.1 Å². The second-order valence-electron chi connectivity index (χ2n) is 5.91. The number of benzene rings is 1. The number of ether oxygens (including phenoxy) is 1. The van der Waals surface area contributed by atoms with Crippen LogP contribution in [0, 0.1) is 11.3 Å². The molecule has 1 N–H and O–H groups in total. The van der Waals surface area contributed by atoms with Crippen LogP contribution in [0.3, 0.4) is 0 Å². The second kappa shape index (κ2) is 5.72. The van der Waals surface area contributed by atoms with E-state index in [0.29, 0.717) is 18.2 Å². The molecular formula is C15H14N6O2S. The number of nitriles is 1. The zero-order chi connectivity index (χ0) is 16.6. The number of carbonyl (C=O) groups excluding carboxylic acids is 1. The molecule has 24 heavy (non-hydrogen) atoms. The van der Waals surface area contributed by atoms with E-state index in [2.05, 4.69) is 26.2 Å². The minimum atomic E-state index is -0.369. The predicted octanol–water partition coefficient (Wildman–Crippen LogP) is 1.93. The average Bonchev–Trinajstić information content (AvgIpc) is 3.06. The van der Waals surface area contributed by atoms with Crippen LogP contribution in [-0.2, 0) is 10.2 Å². The molecule has 0 spiro atoms. The fraction of sp³-hybridized carbons (Fsp3) is 0.400. The van der Waals surface area contributed by atoms with Gasteiger partial charge in [-0.2, -0.15) is 5.26 Å². The summed E-state index contributed by atoms with van der Waals surface area (Å²) in [4.78, 5) is 13.7. The van der Waals surface area contributed by atoms with E-state index < -0.39 is 0 Å². The molecule has 1 aliphatic heterocycles. The van der Waals surface area contributed by atoms with Crippen LogP contribution in [0.15, 0.2) is 24.3 Å². The molecule has 1 aromatic heterocycles. The van der Waals surface area contributed by atoms with Gasteiger partial charge >= 0.3 is 6.09 Å². The van der Waals surface area contributed by atoms with Crippen molar-refractivity contribution in [3.63, 3.8) is 0 Å². The first-order valence-electron chi connectivity index (χ1n) is 7.59. The van der Waals surface area contributed by atoms with E-state index in [1.807, 2.05) is 24.3 Å². The Morgan fingerprint density at radius 2 is 2.21 bits per heavy atom. The molecule has 2 fully saturated rings. The highest BCUT2D eigenvalue weighted by atomic mass is 32.1. The van der Waals surface area contributed by atoms with Crippen LogP contribution in [0.5, 0.6) is 0 Å². The molecule has 0 radical (unpaired) electrons. The van der Waals surface area contributed by atoms with Crippen molar-refractivity contribution in [2.75, 3.05) is 23.3 Å². The summed E-state index contributed by atoms with van der Waals surface area (Å²) in [6.45, 7) is 0.912. The molecule has 4 rings (SSSR count). The maximum atomic E-state index is 12.1. The number of cyclic esters (lactones) is 1. The van der Waals surface area contributed by atoms with Crippen LogP contribution in [0.1, 0.15) is 18.4 Å². The smallest absolute Gasteiger partial charge is 0.414 e. The first-order valence-corrected chi connectivity index (χ1v) is 8.36. The van der Waals surface area contributed by atoms with Gasteiger partial charge in [0.25, 0.3) is 0 Å². The number of hydrogen-bond donors (Lipinski definition) is 1. The van der Waals surface area contributed by atoms with Crippen molar-refractivity contribution in [2.45, 2.75) is 24.4 Å². The number of nitrogens with zero attached hydrogens (tertiary/aromatic N) is 5. The number of carbonyl (C=O) groups is 1. The lowest BCUT2D eigenvalue weighted by Gasteiger charge is -2.14. The number of hydrogen-bond acceptors (Lipinski definition) is 8. The Balaban J connectivity index is 1.41. The van der Waals surface area contributed by atoms with Gasteiger partial charge in [-0.05, 0) is 35.8 Å². The van der Waals surface area contributed by atoms with E-state index >= 15 is 0 Å². The summed E-state index contributed by atoms with van der Waals surface area (Å²) in [7, 11) is 0. The number of aromatic nitrogens is 3. The minimum Gasteiger partial charge on any atom is -0.442 e. The summed E-state index contributed by atoms with van der Waals surface area (Å²) in [5, 5.41) is 20.2. The molecule has 122 valence electrons. The second-order valence-corrected chi connectivity index (χ2v) is 6.64. The topological polar surface area (TPSA) is 104 Å². The predicted molar refractivity (Wildman–Crippen MR) is 86.8 cm³/mol. The van der Waals surface area contributed by atoms with Gasteiger partial charge in [0.1, 0.15) is 6.10 Å². The van der Waals surface area contributed by atoms with Gasteiger partial charge in [-0.25, -0.2) is 4.79 Å². The van der Waals surface area contributed by atoms with E-state index in [4.69, 9.17) is 4.74 Å². The van der Waals surface area contributed by atoms with Crippen LogP contribution in [-0.4, -0.2) is 40.1 Å². The SMILES string of the molecule is N#CC1(c2ccc(N3C[C@H](CNc4nnns4)OC3=O)cc2)CC1. The average molecular weight is 342 g/mol. The van der Waals surface area contributed by atoms with Crippen molar-refractivity contribution in [3.8, 4) is 6.07 Å². The fourth-order valence-corrected chi connectivity index (χ4v) is 3.16. The summed E-state index contributed by atoms with van der Waals surface area (Å²) in [6, 6.07) is 9.98. The first kappa shape index (κ1) is 14.8. The van der Waals surface area contributed by atoms with Gasteiger partial charge in [0.15, 0.2) is 0 Å². The Hall–Kier alpha value is -2.73. The van der Waals surface area contributed by atoms with Crippen molar-refractivity contribution in [2.24, 2.45) is 0 Å². The lowest BCUT2D eigenvalue weighted by atomic mass is 9.97. The van der Waals surface area contributed by atoms with Crippen LogP contribution in [0.25, 0.3) is 0 Å². The number of rotatable bonds is 5. The Labute approximate surface area is 142 Å². The standard InChI is InChI=1S/C15H14N6O2S/c16-9-15(5-6-15)10-1-3-11(4-2-10)21-8-12(23-14(21)22)7-17-13-18-19-20-24-13/h1-4,12H,5-8H2,(H,17,18,20)/t12-/m0/s1. The summed E-state index contributed by atoms with van der Waals surface area (Å²) in [5.41, 5.74) is 1.48. The molecule has 0 bridgehead atoms. The maximum absolute atomic E-state index is 12.1. The molecule has 1 aromatic carbocycles. The summed E-state index contributed by atoms with van der Waals surface area (Å²) >= 11 is 1.15. The van der Waals surface area contributed by atoms with E-state index in [1.165, 1.54) is 0 Å². The zero-order valence-corrected chi connectivity index (χ0v) is 13.5. The highest BCUT2D eigenvalue weighted by molar-refractivity contribution is 7.09. The molecule has 1 saturated heterocycles. The van der Waals surface area contributed by atoms with Crippen LogP contribution >= 0.6 is 11.5 Å². The molecular weight excluding hydrogens is 328 g/mol. The number of amides is 1. The third-order valence-corrected chi connectivity index (χ3v) is 4.90. The van der Waals surface area contributed by atoms with Gasteiger partial charge in [-0.3, -0.25) is 4.90 Å². The molecule has 0 unspecified atom stereocenters. The van der Waals surface area contributed by atoms with Crippen molar-refractivity contribution < 1.29 is 9.53 Å². The van der Waals surface area contributed by atoms with Gasteiger partial charge in [0.05, 0.1) is 24.6 Å². The monoisotopic (exact) mass is 342 g/mol. The normalized spacial score (nSPS) is 21.2. The van der Waals surface area contributed by atoms with Gasteiger partial charge in [0, 0.05) is 17.2 Å². The van der Waals surface area contributed by atoms with E-state index in [9.17, 15) is 10.1 Å². The van der Waals surface area contributed by atoms with E-state index in [-0.39, 0.29) is 17.6 Å². The largest absolute Gasteiger partial charge is 0.442 e. The van der Waals surface area contributed by atoms with Crippen molar-refractivity contribution >= 4 is 28.4 Å². The van der Waals surface area contributed by atoms with Crippen LogP contribution in [0.4, 0.5) is 15.6 Å². The van der Waals surface area contributed by atoms with Crippen molar-refractivity contribution in [1.29, 1.82) is 5.26 Å². The number of anilines is 2. The quantitative estimate of drug-likeness (QED) is 0.885.